The lowest BCUT2D eigenvalue weighted by Crippen LogP contribution is -2.55. The third kappa shape index (κ3) is 3.30. The molecular formula is C24H36O2. The molecule has 4 aliphatic carbocycles. The molecule has 0 heterocycles. The third-order valence-corrected chi connectivity index (χ3v) is 7.85. The molecule has 0 amide bonds. The van der Waals surface area contributed by atoms with Gasteiger partial charge in [-0.15, -0.1) is 0 Å². The number of aliphatic hydroxyl groups excluding tert-OH is 1. The molecule has 26 heavy (non-hydrogen) atoms. The van der Waals surface area contributed by atoms with Crippen LogP contribution in [0.5, 0.6) is 5.75 Å². The first kappa shape index (κ1) is 18.3. The minimum absolute atomic E-state index is 0.0604. The molecule has 1 N–H and O–H groups in total. The Labute approximate surface area is 159 Å². The number of hydrogen-bond donors (Lipinski definition) is 1. The summed E-state index contributed by atoms with van der Waals surface area (Å²) in [4.78, 5) is 0. The van der Waals surface area contributed by atoms with Crippen molar-refractivity contribution in [1.82, 2.24) is 0 Å². The van der Waals surface area contributed by atoms with Crippen LogP contribution < -0.4 is 4.74 Å². The van der Waals surface area contributed by atoms with Crippen molar-refractivity contribution in [2.45, 2.75) is 82.7 Å². The van der Waals surface area contributed by atoms with Gasteiger partial charge in [0.05, 0.1) is 13.2 Å². The monoisotopic (exact) mass is 356 g/mol. The van der Waals surface area contributed by atoms with E-state index in [0.29, 0.717) is 11.3 Å². The highest BCUT2D eigenvalue weighted by Gasteiger charge is 2.56. The normalized spacial score (nSPS) is 36.3. The minimum atomic E-state index is -0.0604. The van der Waals surface area contributed by atoms with Gasteiger partial charge < -0.3 is 9.84 Å². The average molecular weight is 357 g/mol. The van der Waals surface area contributed by atoms with Crippen LogP contribution in [0.3, 0.4) is 0 Å². The van der Waals surface area contributed by atoms with Crippen molar-refractivity contribution in [3.63, 3.8) is 0 Å². The van der Waals surface area contributed by atoms with Crippen molar-refractivity contribution >= 4 is 0 Å². The van der Waals surface area contributed by atoms with E-state index in [9.17, 15) is 5.11 Å². The molecule has 144 valence electrons. The second-order valence-corrected chi connectivity index (χ2v) is 9.47. The second kappa shape index (κ2) is 7.54. The van der Waals surface area contributed by atoms with E-state index in [0.717, 1.165) is 29.9 Å². The summed E-state index contributed by atoms with van der Waals surface area (Å²) in [7, 11) is 1.74. The smallest absolute Gasteiger partial charge is 0.118 e. The number of benzene rings is 1. The highest BCUT2D eigenvalue weighted by molar-refractivity contribution is 5.35. The van der Waals surface area contributed by atoms with Crippen LogP contribution in [0.4, 0.5) is 0 Å². The van der Waals surface area contributed by atoms with Crippen molar-refractivity contribution in [2.24, 2.45) is 23.7 Å². The van der Waals surface area contributed by atoms with Crippen LogP contribution in [0.1, 0.15) is 76.7 Å². The fraction of sp³-hybridized carbons (Fsp3) is 0.750. The van der Waals surface area contributed by atoms with E-state index in [2.05, 4.69) is 31.2 Å². The predicted molar refractivity (Wildman–Crippen MR) is 106 cm³/mol. The van der Waals surface area contributed by atoms with Gasteiger partial charge in [0.2, 0.25) is 0 Å². The van der Waals surface area contributed by atoms with Crippen LogP contribution in [-0.2, 0) is 5.41 Å². The Kier molecular flexibility index (Phi) is 5.32. The van der Waals surface area contributed by atoms with E-state index in [1.54, 1.807) is 7.11 Å². The van der Waals surface area contributed by atoms with Crippen LogP contribution in [0.2, 0.25) is 0 Å². The largest absolute Gasteiger partial charge is 0.497 e. The molecule has 4 bridgehead atoms. The first-order valence-corrected chi connectivity index (χ1v) is 11.0. The predicted octanol–water partition coefficient (Wildman–Crippen LogP) is 5.72. The fourth-order valence-electron chi connectivity index (χ4n) is 6.96. The highest BCUT2D eigenvalue weighted by atomic mass is 16.5. The van der Waals surface area contributed by atoms with E-state index in [4.69, 9.17) is 4.74 Å². The molecule has 4 fully saturated rings. The zero-order chi connectivity index (χ0) is 18.1. The third-order valence-electron chi connectivity index (χ3n) is 7.85. The molecular weight excluding hydrogens is 320 g/mol. The SMILES string of the molecule is CCCCCC[C@H](O)C1[C@@H]2CC3C[C@H]1CC(c1ccc(OC)cc1)(C3)C2. The van der Waals surface area contributed by atoms with Gasteiger partial charge in [-0.25, -0.2) is 0 Å². The summed E-state index contributed by atoms with van der Waals surface area (Å²) < 4.78 is 5.36. The molecule has 2 heteroatoms. The van der Waals surface area contributed by atoms with Crippen LogP contribution >= 0.6 is 0 Å². The number of unbranched alkanes of at least 4 members (excludes halogenated alkanes) is 3. The molecule has 0 aromatic heterocycles. The van der Waals surface area contributed by atoms with Crippen LogP contribution in [0.15, 0.2) is 24.3 Å². The molecule has 0 radical (unpaired) electrons. The van der Waals surface area contributed by atoms with Crippen molar-refractivity contribution in [3.05, 3.63) is 29.8 Å². The van der Waals surface area contributed by atoms with E-state index >= 15 is 0 Å². The fourth-order valence-corrected chi connectivity index (χ4v) is 6.96. The molecule has 4 aliphatic rings. The number of hydrogen-bond acceptors (Lipinski definition) is 2. The van der Waals surface area contributed by atoms with Crippen LogP contribution in [-0.4, -0.2) is 18.3 Å². The van der Waals surface area contributed by atoms with Crippen LogP contribution in [0.25, 0.3) is 0 Å². The summed E-state index contributed by atoms with van der Waals surface area (Å²) in [5, 5.41) is 11.0. The Bertz CT molecular complexity index is 577. The Morgan fingerprint density at radius 2 is 1.73 bits per heavy atom. The summed E-state index contributed by atoms with van der Waals surface area (Å²) in [6.45, 7) is 2.26. The van der Waals surface area contributed by atoms with Gasteiger partial charge in [-0.3, -0.25) is 0 Å². The minimum Gasteiger partial charge on any atom is -0.497 e. The van der Waals surface area contributed by atoms with Crippen molar-refractivity contribution < 1.29 is 9.84 Å². The Morgan fingerprint density at radius 3 is 2.35 bits per heavy atom. The number of ether oxygens (including phenoxy) is 1. The maximum Gasteiger partial charge on any atom is 0.118 e. The van der Waals surface area contributed by atoms with E-state index in [-0.39, 0.29) is 6.10 Å². The maximum absolute atomic E-state index is 11.0. The first-order valence-electron chi connectivity index (χ1n) is 11.0. The number of rotatable bonds is 8. The molecule has 1 aromatic carbocycles. The Morgan fingerprint density at radius 1 is 1.04 bits per heavy atom. The Balaban J connectivity index is 1.47. The van der Waals surface area contributed by atoms with Gasteiger partial charge in [0.1, 0.15) is 5.75 Å². The summed E-state index contributed by atoms with van der Waals surface area (Å²) in [5.41, 5.74) is 1.90. The topological polar surface area (TPSA) is 29.5 Å². The molecule has 1 aromatic rings. The van der Waals surface area contributed by atoms with Crippen molar-refractivity contribution in [2.75, 3.05) is 7.11 Å². The van der Waals surface area contributed by atoms with Crippen molar-refractivity contribution in [3.8, 4) is 5.75 Å². The quantitative estimate of drug-likeness (QED) is 0.604. The van der Waals surface area contributed by atoms with E-state index in [1.807, 2.05) is 0 Å². The van der Waals surface area contributed by atoms with Gasteiger partial charge >= 0.3 is 0 Å². The van der Waals surface area contributed by atoms with Gasteiger partial charge in [0.25, 0.3) is 0 Å². The summed E-state index contributed by atoms with van der Waals surface area (Å²) in [5.74, 6) is 3.89. The van der Waals surface area contributed by atoms with Gasteiger partial charge in [-0.2, -0.15) is 0 Å². The zero-order valence-electron chi connectivity index (χ0n) is 16.6. The first-order chi connectivity index (χ1) is 12.6. The lowest BCUT2D eigenvalue weighted by molar-refractivity contribution is -0.104. The molecule has 5 rings (SSSR count). The Hall–Kier alpha value is -1.02. The molecule has 0 saturated heterocycles. The lowest BCUT2D eigenvalue weighted by Gasteiger charge is -2.61. The second-order valence-electron chi connectivity index (χ2n) is 9.47. The zero-order valence-corrected chi connectivity index (χ0v) is 16.6. The standard InChI is InChI=1S/C24H36O2/c1-3-4-5-6-7-22(25)23-18-12-17-13-19(23)16-24(14-17,15-18)20-8-10-21(26-2)11-9-20/h8-11,17-19,22-23,25H,3-7,12-16H2,1-2H3/t17?,18-,19+,22-,23?,24?/m0/s1. The number of aliphatic hydroxyl groups is 1. The lowest BCUT2D eigenvalue weighted by atomic mass is 9.44. The van der Waals surface area contributed by atoms with E-state index in [1.165, 1.54) is 63.4 Å². The maximum atomic E-state index is 11.0. The van der Waals surface area contributed by atoms with Crippen LogP contribution in [0, 0.1) is 23.7 Å². The number of methoxy groups -OCH3 is 1. The van der Waals surface area contributed by atoms with E-state index < -0.39 is 0 Å². The summed E-state index contributed by atoms with van der Waals surface area (Å²) >= 11 is 0. The van der Waals surface area contributed by atoms with Gasteiger partial charge in [0.15, 0.2) is 0 Å². The summed E-state index contributed by atoms with van der Waals surface area (Å²) in [6.07, 6.45) is 12.7. The summed E-state index contributed by atoms with van der Waals surface area (Å²) in [6, 6.07) is 8.88. The highest BCUT2D eigenvalue weighted by Crippen LogP contribution is 2.63. The van der Waals surface area contributed by atoms with Gasteiger partial charge in [0, 0.05) is 0 Å². The average Bonchev–Trinajstić information content (AvgIpc) is 2.64. The molecule has 6 atom stereocenters. The molecule has 2 nitrogen and oxygen atoms in total. The molecule has 0 spiro atoms. The molecule has 0 aliphatic heterocycles. The molecule has 4 saturated carbocycles. The van der Waals surface area contributed by atoms with Gasteiger partial charge in [-0.05, 0) is 85.3 Å². The van der Waals surface area contributed by atoms with Gasteiger partial charge in [-0.1, -0.05) is 44.7 Å². The van der Waals surface area contributed by atoms with Crippen molar-refractivity contribution in [1.29, 1.82) is 0 Å². The molecule has 3 unspecified atom stereocenters.